The highest BCUT2D eigenvalue weighted by Crippen LogP contribution is 2.45. The van der Waals surface area contributed by atoms with E-state index in [2.05, 4.69) is 15.9 Å². The van der Waals surface area contributed by atoms with Crippen molar-refractivity contribution < 1.29 is 27.6 Å². The fraction of sp³-hybridized carbons (Fsp3) is 0.292. The van der Waals surface area contributed by atoms with Gasteiger partial charge in [-0.1, -0.05) is 31.8 Å². The van der Waals surface area contributed by atoms with Crippen LogP contribution in [0.3, 0.4) is 0 Å². The zero-order chi connectivity index (χ0) is 27.1. The second-order valence-electron chi connectivity index (χ2n) is 9.25. The van der Waals surface area contributed by atoms with Crippen LogP contribution in [0.15, 0.2) is 69.2 Å². The number of halogens is 1. The minimum absolute atomic E-state index is 0.125. The van der Waals surface area contributed by atoms with Crippen LogP contribution < -0.4 is 9.47 Å². The monoisotopic (exact) mass is 594 g/mol. The second-order valence-corrected chi connectivity index (χ2v) is 17.1. The number of likely N-dealkylation sites (N-methyl/N-ethyl adjacent to an activating group) is 1. The van der Waals surface area contributed by atoms with E-state index in [4.69, 9.17) is 9.47 Å². The summed E-state index contributed by atoms with van der Waals surface area (Å²) in [5, 5.41) is 11.6. The summed E-state index contributed by atoms with van der Waals surface area (Å²) in [7, 11) is -2.05. The third-order valence-electron chi connectivity index (χ3n) is 6.05. The van der Waals surface area contributed by atoms with Gasteiger partial charge in [-0.25, -0.2) is 8.42 Å². The molecule has 9 nitrogen and oxygen atoms in total. The van der Waals surface area contributed by atoms with E-state index in [0.29, 0.717) is 22.3 Å². The number of hydrogen-bond acceptors (Lipinski definition) is 7. The summed E-state index contributed by atoms with van der Waals surface area (Å²) in [6.07, 6.45) is 3.26. The molecule has 2 aromatic rings. The summed E-state index contributed by atoms with van der Waals surface area (Å²) < 4.78 is 40.0. The molecule has 2 aromatic carbocycles. The van der Waals surface area contributed by atoms with Crippen molar-refractivity contribution >= 4 is 45.5 Å². The van der Waals surface area contributed by atoms with Crippen molar-refractivity contribution in [3.05, 3.63) is 80.0 Å². The Hall–Kier alpha value is -2.80. The van der Waals surface area contributed by atoms with E-state index in [9.17, 15) is 23.3 Å². The minimum Gasteiger partial charge on any atom is -0.493 e. The molecule has 0 spiro atoms. The highest BCUT2D eigenvalue weighted by Gasteiger charge is 2.46. The molecule has 0 heterocycles. The van der Waals surface area contributed by atoms with E-state index in [0.717, 1.165) is 16.4 Å². The molecule has 0 aromatic heterocycles. The van der Waals surface area contributed by atoms with Crippen LogP contribution in [0, 0.1) is 10.1 Å². The maximum Gasteiger partial charge on any atom is 0.269 e. The van der Waals surface area contributed by atoms with E-state index >= 15 is 0 Å². The number of ether oxygens (including phenoxy) is 2. The van der Waals surface area contributed by atoms with Crippen molar-refractivity contribution in [1.29, 1.82) is 0 Å². The van der Waals surface area contributed by atoms with Crippen LogP contribution in [-0.2, 0) is 20.4 Å². The van der Waals surface area contributed by atoms with Gasteiger partial charge in [0, 0.05) is 19.2 Å². The Labute approximate surface area is 219 Å². The van der Waals surface area contributed by atoms with Gasteiger partial charge in [-0.15, -0.1) is 0 Å². The number of carbonyl (C=O) groups excluding carboxylic acids is 1. The van der Waals surface area contributed by atoms with Gasteiger partial charge >= 0.3 is 0 Å². The van der Waals surface area contributed by atoms with E-state index in [1.165, 1.54) is 33.4 Å². The number of non-ortho nitro benzene ring substituents is 1. The fourth-order valence-corrected chi connectivity index (χ4v) is 7.60. The molecule has 12 heteroatoms. The van der Waals surface area contributed by atoms with E-state index < -0.39 is 28.6 Å². The van der Waals surface area contributed by atoms with E-state index in [-0.39, 0.29) is 20.8 Å². The summed E-state index contributed by atoms with van der Waals surface area (Å²) in [4.78, 5) is 23.5. The SMILES string of the molecule is COc1ccc(C2(N(C)S(=O)(=O)c3ccc([N+](=O)[O-])cc3)C=C(Br)C(=O)C([Si](C)(C)C)=C2)cc1OC. The molecule has 36 heavy (non-hydrogen) atoms. The number of allylic oxidation sites excluding steroid dienone is 2. The van der Waals surface area contributed by atoms with Crippen LogP contribution in [-0.4, -0.2) is 52.8 Å². The first-order valence-electron chi connectivity index (χ1n) is 10.8. The average molecular weight is 596 g/mol. The van der Waals surface area contributed by atoms with Gasteiger partial charge in [0.15, 0.2) is 17.3 Å². The zero-order valence-electron chi connectivity index (χ0n) is 20.7. The molecule has 1 unspecified atom stereocenters. The van der Waals surface area contributed by atoms with Gasteiger partial charge in [0.2, 0.25) is 10.0 Å². The molecule has 0 aliphatic heterocycles. The Morgan fingerprint density at radius 3 is 2.08 bits per heavy atom. The molecule has 0 radical (unpaired) electrons. The number of nitrogens with zero attached hydrogens (tertiary/aromatic N) is 2. The van der Waals surface area contributed by atoms with Gasteiger partial charge in [0.25, 0.3) is 5.69 Å². The number of hydrogen-bond donors (Lipinski definition) is 0. The first-order chi connectivity index (χ1) is 16.7. The van der Waals surface area contributed by atoms with Crippen LogP contribution in [0.2, 0.25) is 19.6 Å². The van der Waals surface area contributed by atoms with Crippen molar-refractivity contribution in [2.24, 2.45) is 0 Å². The van der Waals surface area contributed by atoms with Gasteiger partial charge in [-0.2, -0.15) is 4.31 Å². The predicted octanol–water partition coefficient (Wildman–Crippen LogP) is 4.79. The van der Waals surface area contributed by atoms with Gasteiger partial charge in [-0.05, 0) is 57.0 Å². The summed E-state index contributed by atoms with van der Waals surface area (Å²) in [6.45, 7) is 6.02. The number of Topliss-reactive ketones (excluding diaryl/α,β-unsaturated/α-hetero) is 1. The number of rotatable bonds is 8. The maximum absolute atomic E-state index is 13.9. The molecular weight excluding hydrogens is 568 g/mol. The number of nitro groups is 1. The third-order valence-corrected chi connectivity index (χ3v) is 10.5. The standard InChI is InChI=1S/C24H27BrN2O7SSi/c1-26(35(31,32)18-10-8-17(9-11-18)27(29)30)24(16-7-12-20(33-2)21(13-16)34-3)14-19(25)23(28)22(15-24)36(4,5)6/h7-15H,1-6H3. The Bertz CT molecular complexity index is 1380. The summed E-state index contributed by atoms with van der Waals surface area (Å²) in [5.41, 5.74) is -1.12. The average Bonchev–Trinajstić information content (AvgIpc) is 2.84. The molecule has 0 N–H and O–H groups in total. The quantitative estimate of drug-likeness (QED) is 0.245. The van der Waals surface area contributed by atoms with Gasteiger partial charge in [0.05, 0.1) is 42.1 Å². The van der Waals surface area contributed by atoms with Gasteiger partial charge < -0.3 is 9.47 Å². The van der Waals surface area contributed by atoms with E-state index in [1.807, 2.05) is 19.6 Å². The molecule has 0 amide bonds. The number of ketones is 1. The Balaban J connectivity index is 2.34. The summed E-state index contributed by atoms with van der Waals surface area (Å²) >= 11 is 3.38. The number of methoxy groups -OCH3 is 2. The Morgan fingerprint density at radius 1 is 1.00 bits per heavy atom. The van der Waals surface area contributed by atoms with Crippen molar-refractivity contribution in [2.75, 3.05) is 21.3 Å². The molecule has 1 aliphatic carbocycles. The first kappa shape index (κ1) is 27.8. The fourth-order valence-electron chi connectivity index (χ4n) is 3.98. The first-order valence-corrected chi connectivity index (χ1v) is 16.5. The van der Waals surface area contributed by atoms with Crippen LogP contribution >= 0.6 is 15.9 Å². The molecule has 3 rings (SSSR count). The third kappa shape index (κ3) is 4.90. The van der Waals surface area contributed by atoms with Crippen molar-refractivity contribution in [2.45, 2.75) is 30.1 Å². The lowest BCUT2D eigenvalue weighted by Gasteiger charge is -2.41. The van der Waals surface area contributed by atoms with Crippen LogP contribution in [0.4, 0.5) is 5.69 Å². The van der Waals surface area contributed by atoms with Crippen LogP contribution in [0.25, 0.3) is 0 Å². The lowest BCUT2D eigenvalue weighted by molar-refractivity contribution is -0.384. The number of nitro benzene ring substituents is 1. The predicted molar refractivity (Wildman–Crippen MR) is 143 cm³/mol. The molecule has 0 fully saturated rings. The van der Waals surface area contributed by atoms with Gasteiger partial charge in [-0.3, -0.25) is 14.9 Å². The maximum atomic E-state index is 13.9. The molecule has 0 saturated carbocycles. The molecule has 0 saturated heterocycles. The number of sulfonamides is 1. The zero-order valence-corrected chi connectivity index (χ0v) is 24.1. The molecule has 192 valence electrons. The van der Waals surface area contributed by atoms with E-state index in [1.54, 1.807) is 30.4 Å². The summed E-state index contributed by atoms with van der Waals surface area (Å²) in [6, 6.07) is 9.74. The normalized spacial score (nSPS) is 18.5. The number of benzene rings is 2. The highest BCUT2D eigenvalue weighted by atomic mass is 79.9. The lowest BCUT2D eigenvalue weighted by atomic mass is 9.85. The van der Waals surface area contributed by atoms with Crippen molar-refractivity contribution in [3.63, 3.8) is 0 Å². The largest absolute Gasteiger partial charge is 0.493 e. The highest BCUT2D eigenvalue weighted by molar-refractivity contribution is 9.12. The van der Waals surface area contributed by atoms with Crippen molar-refractivity contribution in [1.82, 2.24) is 4.31 Å². The Morgan fingerprint density at radius 2 is 1.58 bits per heavy atom. The Kier molecular flexibility index (Phi) is 7.66. The molecular formula is C24H27BrN2O7SSi. The van der Waals surface area contributed by atoms with Crippen LogP contribution in [0.5, 0.6) is 11.5 Å². The van der Waals surface area contributed by atoms with Gasteiger partial charge in [0.1, 0.15) is 0 Å². The molecule has 1 atom stereocenters. The second kappa shape index (κ2) is 9.92. The number of carbonyl (C=O) groups is 1. The summed E-state index contributed by atoms with van der Waals surface area (Å²) in [5.74, 6) is 0.660. The topological polar surface area (TPSA) is 116 Å². The lowest BCUT2D eigenvalue weighted by Crippen LogP contribution is -2.48. The smallest absolute Gasteiger partial charge is 0.269 e. The molecule has 1 aliphatic rings. The minimum atomic E-state index is -4.20. The van der Waals surface area contributed by atoms with Crippen molar-refractivity contribution in [3.8, 4) is 11.5 Å². The molecule has 0 bridgehead atoms. The van der Waals surface area contributed by atoms with Crippen LogP contribution in [0.1, 0.15) is 5.56 Å².